The number of hydrogen-bond donors (Lipinski definition) is 4. The van der Waals surface area contributed by atoms with Crippen LogP contribution in [0.3, 0.4) is 0 Å². The van der Waals surface area contributed by atoms with Crippen LogP contribution in [0, 0.1) is 5.92 Å². The van der Waals surface area contributed by atoms with Crippen LogP contribution < -0.4 is 11.1 Å². The van der Waals surface area contributed by atoms with E-state index in [1.807, 2.05) is 12.3 Å². The maximum Gasteiger partial charge on any atom is 0.236 e. The maximum atomic E-state index is 11.2. The number of amides is 1. The van der Waals surface area contributed by atoms with Gasteiger partial charge in [-0.3, -0.25) is 4.79 Å². The normalized spacial score (nSPS) is 22.0. The highest BCUT2D eigenvalue weighted by Crippen LogP contribution is 2.37. The molecule has 3 heterocycles. The first kappa shape index (κ1) is 16.9. The number of aliphatic hydroxyl groups excluding tert-OH is 1. The van der Waals surface area contributed by atoms with Gasteiger partial charge in [0.15, 0.2) is 0 Å². The summed E-state index contributed by atoms with van der Waals surface area (Å²) < 4.78 is 1.75. The zero-order chi connectivity index (χ0) is 18.1. The molecule has 0 bridgehead atoms. The van der Waals surface area contributed by atoms with Crippen LogP contribution in [0.1, 0.15) is 37.3 Å². The molecular formula is C17H23N7O2. The fourth-order valence-corrected chi connectivity index (χ4v) is 3.90. The van der Waals surface area contributed by atoms with Gasteiger partial charge in [0.25, 0.3) is 0 Å². The van der Waals surface area contributed by atoms with E-state index in [1.54, 1.807) is 10.8 Å². The highest BCUT2D eigenvalue weighted by Gasteiger charge is 2.27. The lowest BCUT2D eigenvalue weighted by Gasteiger charge is -2.28. The number of aromatic amines is 1. The van der Waals surface area contributed by atoms with Gasteiger partial charge >= 0.3 is 0 Å². The summed E-state index contributed by atoms with van der Waals surface area (Å²) >= 11 is 0. The number of rotatable bonds is 6. The molecule has 26 heavy (non-hydrogen) atoms. The minimum absolute atomic E-state index is 0.266. The lowest BCUT2D eigenvalue weighted by molar-refractivity contribution is -0.120. The van der Waals surface area contributed by atoms with Crippen LogP contribution in [-0.4, -0.2) is 55.0 Å². The SMILES string of the molecule is NC(=O)[C@@H](CO)NCC1CCC(c2nnn3cnc4[nH]ccc4c23)CC1. The van der Waals surface area contributed by atoms with Gasteiger partial charge in [0, 0.05) is 17.5 Å². The Hall–Kier alpha value is -2.52. The number of aromatic nitrogens is 5. The summed E-state index contributed by atoms with van der Waals surface area (Å²) in [6.45, 7) is 0.423. The first-order valence-corrected chi connectivity index (χ1v) is 8.98. The van der Waals surface area contributed by atoms with Crippen LogP contribution >= 0.6 is 0 Å². The first-order chi connectivity index (χ1) is 12.7. The molecule has 3 aromatic heterocycles. The molecule has 1 saturated carbocycles. The van der Waals surface area contributed by atoms with E-state index >= 15 is 0 Å². The molecule has 3 aromatic rings. The molecule has 138 valence electrons. The molecule has 0 radical (unpaired) electrons. The summed E-state index contributed by atoms with van der Waals surface area (Å²) in [7, 11) is 0. The van der Waals surface area contributed by atoms with Crippen molar-refractivity contribution in [2.45, 2.75) is 37.6 Å². The molecule has 1 fully saturated rings. The Balaban J connectivity index is 1.44. The highest BCUT2D eigenvalue weighted by atomic mass is 16.3. The second-order valence-electron chi connectivity index (χ2n) is 7.02. The largest absolute Gasteiger partial charge is 0.394 e. The van der Waals surface area contributed by atoms with Gasteiger partial charge in [-0.05, 0) is 44.2 Å². The standard InChI is InChI=1S/C17H23N7O2/c18-16(26)13(8-25)20-7-10-1-3-11(4-2-10)14-15-12-5-6-19-17(12)21-9-24(15)23-22-14/h5-6,9-11,13,19-20,25H,1-4,7-8H2,(H2,18,26)/t10?,11?,13-/m1/s1. The maximum absolute atomic E-state index is 11.2. The van der Waals surface area contributed by atoms with E-state index in [2.05, 4.69) is 25.6 Å². The molecule has 0 saturated heterocycles. The summed E-state index contributed by atoms with van der Waals surface area (Å²) in [6.07, 6.45) is 7.70. The van der Waals surface area contributed by atoms with Crippen molar-refractivity contribution >= 4 is 22.5 Å². The van der Waals surface area contributed by atoms with Crippen molar-refractivity contribution in [1.29, 1.82) is 0 Å². The molecule has 9 heteroatoms. The van der Waals surface area contributed by atoms with E-state index in [0.717, 1.165) is 47.9 Å². The predicted molar refractivity (Wildman–Crippen MR) is 95.4 cm³/mol. The predicted octanol–water partition coefficient (Wildman–Crippen LogP) is 0.315. The zero-order valence-electron chi connectivity index (χ0n) is 14.4. The summed E-state index contributed by atoms with van der Waals surface area (Å²) in [5.41, 5.74) is 8.17. The Bertz CT molecular complexity index is 910. The van der Waals surface area contributed by atoms with Gasteiger partial charge in [-0.25, -0.2) is 9.50 Å². The van der Waals surface area contributed by atoms with Crippen LogP contribution in [0.5, 0.6) is 0 Å². The van der Waals surface area contributed by atoms with E-state index in [-0.39, 0.29) is 6.61 Å². The van der Waals surface area contributed by atoms with Crippen LogP contribution in [0.4, 0.5) is 0 Å². The molecule has 9 nitrogen and oxygen atoms in total. The number of nitrogens with one attached hydrogen (secondary N) is 2. The number of H-pyrrole nitrogens is 1. The molecule has 1 amide bonds. The van der Waals surface area contributed by atoms with E-state index in [9.17, 15) is 9.90 Å². The molecule has 4 rings (SSSR count). The minimum atomic E-state index is -0.664. The lowest BCUT2D eigenvalue weighted by atomic mass is 9.80. The number of nitrogens with zero attached hydrogens (tertiary/aromatic N) is 4. The average Bonchev–Trinajstić information content (AvgIpc) is 3.28. The first-order valence-electron chi connectivity index (χ1n) is 8.98. The fourth-order valence-electron chi connectivity index (χ4n) is 3.90. The second kappa shape index (κ2) is 7.00. The van der Waals surface area contributed by atoms with Gasteiger partial charge in [-0.1, -0.05) is 5.21 Å². The van der Waals surface area contributed by atoms with Crippen LogP contribution in [-0.2, 0) is 4.79 Å². The Kier molecular flexibility index (Phi) is 4.56. The van der Waals surface area contributed by atoms with E-state index < -0.39 is 11.9 Å². The van der Waals surface area contributed by atoms with Crippen molar-refractivity contribution in [3.8, 4) is 0 Å². The average molecular weight is 357 g/mol. The third kappa shape index (κ3) is 3.04. The van der Waals surface area contributed by atoms with Gasteiger partial charge in [0.05, 0.1) is 12.3 Å². The Morgan fingerprint density at radius 2 is 2.23 bits per heavy atom. The van der Waals surface area contributed by atoms with Crippen molar-refractivity contribution in [1.82, 2.24) is 30.1 Å². The van der Waals surface area contributed by atoms with Gasteiger partial charge < -0.3 is 21.1 Å². The van der Waals surface area contributed by atoms with Crippen LogP contribution in [0.15, 0.2) is 18.6 Å². The summed E-state index contributed by atoms with van der Waals surface area (Å²) in [4.78, 5) is 18.7. The van der Waals surface area contributed by atoms with E-state index in [1.165, 1.54) is 0 Å². The van der Waals surface area contributed by atoms with E-state index in [4.69, 9.17) is 5.73 Å². The fraction of sp³-hybridized carbons (Fsp3) is 0.529. The number of carbonyl (C=O) groups is 1. The number of aliphatic hydroxyl groups is 1. The summed E-state index contributed by atoms with van der Waals surface area (Å²) in [6, 6.07) is 1.35. The topological polar surface area (TPSA) is 134 Å². The van der Waals surface area contributed by atoms with Crippen molar-refractivity contribution < 1.29 is 9.90 Å². The lowest BCUT2D eigenvalue weighted by Crippen LogP contribution is -2.46. The molecule has 0 aliphatic heterocycles. The van der Waals surface area contributed by atoms with Crippen molar-refractivity contribution in [2.75, 3.05) is 13.2 Å². The molecule has 0 unspecified atom stereocenters. The molecule has 5 N–H and O–H groups in total. The Morgan fingerprint density at radius 1 is 1.42 bits per heavy atom. The van der Waals surface area contributed by atoms with Crippen LogP contribution in [0.2, 0.25) is 0 Å². The highest BCUT2D eigenvalue weighted by molar-refractivity contribution is 5.92. The van der Waals surface area contributed by atoms with Gasteiger partial charge in [0.1, 0.15) is 23.5 Å². The number of carbonyl (C=O) groups excluding carboxylic acids is 1. The number of hydrogen-bond acceptors (Lipinski definition) is 6. The van der Waals surface area contributed by atoms with Gasteiger partial charge in [-0.15, -0.1) is 5.10 Å². The van der Waals surface area contributed by atoms with Gasteiger partial charge in [-0.2, -0.15) is 0 Å². The van der Waals surface area contributed by atoms with E-state index in [0.29, 0.717) is 18.4 Å². The molecular weight excluding hydrogens is 334 g/mol. The summed E-state index contributed by atoms with van der Waals surface area (Å²) in [5, 5.41) is 22.0. The number of nitrogens with two attached hydrogens (primary N) is 1. The monoisotopic (exact) mass is 357 g/mol. The third-order valence-corrected chi connectivity index (χ3v) is 5.41. The smallest absolute Gasteiger partial charge is 0.236 e. The minimum Gasteiger partial charge on any atom is -0.394 e. The number of primary amides is 1. The van der Waals surface area contributed by atoms with Crippen molar-refractivity contribution in [3.05, 3.63) is 24.3 Å². The molecule has 1 atom stereocenters. The molecule has 1 aliphatic rings. The van der Waals surface area contributed by atoms with Crippen LogP contribution in [0.25, 0.3) is 16.6 Å². The Labute approximate surface area is 150 Å². The molecule has 0 spiro atoms. The second-order valence-corrected chi connectivity index (χ2v) is 7.02. The van der Waals surface area contributed by atoms with Crippen molar-refractivity contribution in [3.63, 3.8) is 0 Å². The molecule has 0 aromatic carbocycles. The van der Waals surface area contributed by atoms with Gasteiger partial charge in [0.2, 0.25) is 5.91 Å². The molecule has 1 aliphatic carbocycles. The Morgan fingerprint density at radius 3 is 2.96 bits per heavy atom. The zero-order valence-corrected chi connectivity index (χ0v) is 14.4. The summed E-state index contributed by atoms with van der Waals surface area (Å²) in [5.74, 6) is 0.324. The van der Waals surface area contributed by atoms with Crippen molar-refractivity contribution in [2.24, 2.45) is 11.7 Å². The number of fused-ring (bicyclic) bond motifs is 3. The third-order valence-electron chi connectivity index (χ3n) is 5.41. The quantitative estimate of drug-likeness (QED) is 0.502.